The molecular weight excluding hydrogens is 296 g/mol. The van der Waals surface area contributed by atoms with Gasteiger partial charge in [0, 0.05) is 17.1 Å². The highest BCUT2D eigenvalue weighted by Crippen LogP contribution is 2.23. The van der Waals surface area contributed by atoms with Gasteiger partial charge in [0.25, 0.3) is 0 Å². The van der Waals surface area contributed by atoms with Crippen LogP contribution in [0.25, 0.3) is 10.4 Å². The molecule has 1 aliphatic heterocycles. The van der Waals surface area contributed by atoms with E-state index in [9.17, 15) is 4.79 Å². The Kier molecular flexibility index (Phi) is 5.34. The number of ether oxygens (including phenoxy) is 2. The second kappa shape index (κ2) is 7.24. The highest BCUT2D eigenvalue weighted by Gasteiger charge is 2.28. The Labute approximate surface area is 135 Å². The summed E-state index contributed by atoms with van der Waals surface area (Å²) < 4.78 is 11.3. The van der Waals surface area contributed by atoms with Crippen molar-refractivity contribution in [2.24, 2.45) is 5.11 Å². The number of amides is 1. The van der Waals surface area contributed by atoms with Gasteiger partial charge in [-0.2, -0.15) is 0 Å². The Morgan fingerprint density at radius 3 is 2.65 bits per heavy atom. The molecule has 1 aliphatic rings. The molecular formula is C16H22N4O3. The SMILES string of the molecule is CC(C)(C)OC(=O)N1CCCC(Oc2ccc(N=[N+]=[N-])cc2)C1. The van der Waals surface area contributed by atoms with E-state index >= 15 is 0 Å². The number of carbonyl (C=O) groups is 1. The monoisotopic (exact) mass is 318 g/mol. The van der Waals surface area contributed by atoms with Crippen molar-refractivity contribution < 1.29 is 14.3 Å². The van der Waals surface area contributed by atoms with Crippen molar-refractivity contribution in [3.05, 3.63) is 34.7 Å². The molecule has 1 unspecified atom stereocenters. The molecule has 1 aromatic carbocycles. The lowest BCUT2D eigenvalue weighted by Crippen LogP contribution is -2.46. The van der Waals surface area contributed by atoms with Crippen molar-refractivity contribution in [1.29, 1.82) is 0 Å². The van der Waals surface area contributed by atoms with Gasteiger partial charge < -0.3 is 14.4 Å². The summed E-state index contributed by atoms with van der Waals surface area (Å²) in [4.78, 5) is 16.6. The van der Waals surface area contributed by atoms with Gasteiger partial charge >= 0.3 is 6.09 Å². The average molecular weight is 318 g/mol. The molecule has 0 bridgehead atoms. The lowest BCUT2D eigenvalue weighted by atomic mass is 10.1. The fourth-order valence-electron chi connectivity index (χ4n) is 2.36. The Hall–Kier alpha value is -2.40. The molecule has 1 atom stereocenters. The molecule has 7 heteroatoms. The molecule has 2 rings (SSSR count). The predicted molar refractivity (Wildman–Crippen MR) is 86.7 cm³/mol. The quantitative estimate of drug-likeness (QED) is 0.470. The number of likely N-dealkylation sites (tertiary alicyclic amines) is 1. The molecule has 23 heavy (non-hydrogen) atoms. The molecule has 1 amide bonds. The maximum atomic E-state index is 12.1. The lowest BCUT2D eigenvalue weighted by molar-refractivity contribution is 0.00776. The van der Waals surface area contributed by atoms with E-state index in [1.54, 1.807) is 29.2 Å². The molecule has 1 aromatic rings. The van der Waals surface area contributed by atoms with Crippen LogP contribution in [-0.4, -0.2) is 35.8 Å². The van der Waals surface area contributed by atoms with E-state index in [0.29, 0.717) is 24.5 Å². The molecule has 124 valence electrons. The van der Waals surface area contributed by atoms with E-state index in [4.69, 9.17) is 15.0 Å². The van der Waals surface area contributed by atoms with Crippen molar-refractivity contribution in [3.63, 3.8) is 0 Å². The van der Waals surface area contributed by atoms with Crippen molar-refractivity contribution >= 4 is 11.8 Å². The Morgan fingerprint density at radius 1 is 1.35 bits per heavy atom. The number of rotatable bonds is 3. The normalized spacial score (nSPS) is 18.0. The fraction of sp³-hybridized carbons (Fsp3) is 0.562. The van der Waals surface area contributed by atoms with Gasteiger partial charge in [-0.15, -0.1) is 0 Å². The highest BCUT2D eigenvalue weighted by atomic mass is 16.6. The number of piperidine rings is 1. The average Bonchev–Trinajstić information content (AvgIpc) is 2.48. The van der Waals surface area contributed by atoms with Gasteiger partial charge in [-0.3, -0.25) is 0 Å². The second-order valence-corrected chi connectivity index (χ2v) is 6.49. The van der Waals surface area contributed by atoms with Crippen LogP contribution in [0.5, 0.6) is 5.75 Å². The maximum absolute atomic E-state index is 12.1. The predicted octanol–water partition coefficient (Wildman–Crippen LogP) is 4.41. The summed E-state index contributed by atoms with van der Waals surface area (Å²) in [6, 6.07) is 6.92. The zero-order valence-corrected chi connectivity index (χ0v) is 13.7. The lowest BCUT2D eigenvalue weighted by Gasteiger charge is -2.34. The van der Waals surface area contributed by atoms with Crippen LogP contribution in [0.1, 0.15) is 33.6 Å². The third kappa shape index (κ3) is 5.38. The van der Waals surface area contributed by atoms with Crippen LogP contribution in [0.2, 0.25) is 0 Å². The second-order valence-electron chi connectivity index (χ2n) is 6.49. The minimum atomic E-state index is -0.498. The Morgan fingerprint density at radius 2 is 2.04 bits per heavy atom. The highest BCUT2D eigenvalue weighted by molar-refractivity contribution is 5.68. The van der Waals surface area contributed by atoms with E-state index in [-0.39, 0.29) is 12.2 Å². The van der Waals surface area contributed by atoms with Crippen molar-refractivity contribution in [1.82, 2.24) is 4.90 Å². The zero-order chi connectivity index (χ0) is 16.9. The summed E-state index contributed by atoms with van der Waals surface area (Å²) in [6.45, 7) is 6.76. The zero-order valence-electron chi connectivity index (χ0n) is 13.7. The summed E-state index contributed by atoms with van der Waals surface area (Å²) in [7, 11) is 0. The molecule has 0 N–H and O–H groups in total. The van der Waals surface area contributed by atoms with E-state index in [2.05, 4.69) is 10.0 Å². The molecule has 0 spiro atoms. The Balaban J connectivity index is 1.93. The van der Waals surface area contributed by atoms with Crippen LogP contribution < -0.4 is 4.74 Å². The molecule has 0 aromatic heterocycles. The molecule has 1 saturated heterocycles. The summed E-state index contributed by atoms with van der Waals surface area (Å²) >= 11 is 0. The number of carbonyl (C=O) groups excluding carboxylic acids is 1. The summed E-state index contributed by atoms with van der Waals surface area (Å²) in [5.41, 5.74) is 8.43. The van der Waals surface area contributed by atoms with Gasteiger partial charge in [0.2, 0.25) is 0 Å². The Bertz CT molecular complexity index is 588. The van der Waals surface area contributed by atoms with Gasteiger partial charge in [0.1, 0.15) is 17.5 Å². The van der Waals surface area contributed by atoms with Crippen LogP contribution in [0.3, 0.4) is 0 Å². The number of azide groups is 1. The van der Waals surface area contributed by atoms with Crippen molar-refractivity contribution in [3.8, 4) is 5.75 Å². The summed E-state index contributed by atoms with van der Waals surface area (Å²) in [6.07, 6.45) is 1.39. The summed E-state index contributed by atoms with van der Waals surface area (Å²) in [5, 5.41) is 3.52. The number of benzene rings is 1. The number of nitrogens with zero attached hydrogens (tertiary/aromatic N) is 4. The molecule has 0 radical (unpaired) electrons. The van der Waals surface area contributed by atoms with Gasteiger partial charge in [0.15, 0.2) is 0 Å². The minimum absolute atomic E-state index is 0.0680. The standard InChI is InChI=1S/C16H22N4O3/c1-16(2,3)23-15(21)20-10-4-5-14(11-20)22-13-8-6-12(7-9-13)18-19-17/h6-9,14H,4-5,10-11H2,1-3H3. The number of hydrogen-bond donors (Lipinski definition) is 0. The first-order valence-corrected chi connectivity index (χ1v) is 7.67. The first-order valence-electron chi connectivity index (χ1n) is 7.67. The van der Waals surface area contributed by atoms with Crippen LogP contribution in [0.15, 0.2) is 29.4 Å². The summed E-state index contributed by atoms with van der Waals surface area (Å²) in [5.74, 6) is 0.693. The largest absolute Gasteiger partial charge is 0.489 e. The third-order valence-corrected chi connectivity index (χ3v) is 3.33. The molecule has 1 fully saturated rings. The van der Waals surface area contributed by atoms with E-state index in [1.165, 1.54) is 0 Å². The first kappa shape index (κ1) is 17.0. The van der Waals surface area contributed by atoms with E-state index in [1.807, 2.05) is 20.8 Å². The van der Waals surface area contributed by atoms with Crippen molar-refractivity contribution in [2.45, 2.75) is 45.3 Å². The van der Waals surface area contributed by atoms with Crippen LogP contribution in [0.4, 0.5) is 10.5 Å². The van der Waals surface area contributed by atoms with E-state index in [0.717, 1.165) is 12.8 Å². The van der Waals surface area contributed by atoms with Crippen molar-refractivity contribution in [2.75, 3.05) is 13.1 Å². The van der Waals surface area contributed by atoms with Crippen LogP contribution in [0, 0.1) is 0 Å². The van der Waals surface area contributed by atoms with Gasteiger partial charge in [0.05, 0.1) is 6.54 Å². The molecule has 7 nitrogen and oxygen atoms in total. The number of hydrogen-bond acceptors (Lipinski definition) is 4. The third-order valence-electron chi connectivity index (χ3n) is 3.33. The first-order chi connectivity index (χ1) is 10.9. The minimum Gasteiger partial charge on any atom is -0.489 e. The van der Waals surface area contributed by atoms with Gasteiger partial charge in [-0.25, -0.2) is 4.79 Å². The fourth-order valence-corrected chi connectivity index (χ4v) is 2.36. The molecule has 1 heterocycles. The maximum Gasteiger partial charge on any atom is 0.410 e. The van der Waals surface area contributed by atoms with E-state index < -0.39 is 5.60 Å². The topological polar surface area (TPSA) is 87.5 Å². The smallest absolute Gasteiger partial charge is 0.410 e. The van der Waals surface area contributed by atoms with Crippen LogP contribution in [-0.2, 0) is 4.74 Å². The van der Waals surface area contributed by atoms with Gasteiger partial charge in [-0.05, 0) is 63.4 Å². The van der Waals surface area contributed by atoms with Gasteiger partial charge in [-0.1, -0.05) is 5.11 Å². The molecule has 0 saturated carbocycles. The molecule has 0 aliphatic carbocycles. The van der Waals surface area contributed by atoms with Crippen LogP contribution >= 0.6 is 0 Å².